The molecule has 0 bridgehead atoms. The molecule has 0 amide bonds. The molecule has 0 fully saturated rings. The predicted molar refractivity (Wildman–Crippen MR) is 122 cm³/mol. The van der Waals surface area contributed by atoms with Gasteiger partial charge in [-0.25, -0.2) is 0 Å². The van der Waals surface area contributed by atoms with Crippen LogP contribution in [0.4, 0.5) is 0 Å². The van der Waals surface area contributed by atoms with Crippen molar-refractivity contribution in [2.75, 3.05) is 12.4 Å². The monoisotopic (exact) mass is 452 g/mol. The fourth-order valence-corrected chi connectivity index (χ4v) is 3.08. The summed E-state index contributed by atoms with van der Waals surface area (Å²) in [4.78, 5) is 13.2. The standard InChI is InChI=1S/C24H22O3.CH3Br/c1-24(21-13-7-3-8-14-21,22-15-9-4-10-16-22)23(26)27-18-20(17-25)19-11-5-2-6-12-19;1-2/h2-17,25H,18H2,1H3;1H3. The molecule has 0 spiro atoms. The van der Waals surface area contributed by atoms with E-state index in [1.54, 1.807) is 0 Å². The highest BCUT2D eigenvalue weighted by Gasteiger charge is 2.38. The zero-order chi connectivity index (χ0) is 21.1. The number of carbonyl (C=O) groups is 1. The van der Waals surface area contributed by atoms with Crippen molar-refractivity contribution in [3.8, 4) is 0 Å². The highest BCUT2D eigenvalue weighted by Crippen LogP contribution is 2.33. The van der Waals surface area contributed by atoms with Crippen molar-refractivity contribution in [2.24, 2.45) is 0 Å². The minimum Gasteiger partial charge on any atom is -0.515 e. The largest absolute Gasteiger partial charge is 0.515 e. The van der Waals surface area contributed by atoms with Gasteiger partial charge in [0.1, 0.15) is 12.0 Å². The van der Waals surface area contributed by atoms with Crippen molar-refractivity contribution in [2.45, 2.75) is 12.3 Å². The molecule has 3 rings (SSSR count). The van der Waals surface area contributed by atoms with Crippen molar-refractivity contribution in [1.29, 1.82) is 0 Å². The third kappa shape index (κ3) is 5.36. The summed E-state index contributed by atoms with van der Waals surface area (Å²) in [6, 6.07) is 28.5. The van der Waals surface area contributed by atoms with Crippen LogP contribution in [0.15, 0.2) is 97.3 Å². The fourth-order valence-electron chi connectivity index (χ4n) is 3.08. The van der Waals surface area contributed by atoms with Crippen LogP contribution in [0.2, 0.25) is 0 Å². The molecule has 150 valence electrons. The minimum atomic E-state index is -0.945. The van der Waals surface area contributed by atoms with Crippen LogP contribution >= 0.6 is 15.9 Å². The van der Waals surface area contributed by atoms with Crippen molar-refractivity contribution in [3.05, 3.63) is 114 Å². The summed E-state index contributed by atoms with van der Waals surface area (Å²) in [5.74, 6) is 1.45. The second-order valence-electron chi connectivity index (χ2n) is 6.45. The first-order valence-electron chi connectivity index (χ1n) is 9.21. The molecule has 0 heterocycles. The molecule has 3 nitrogen and oxygen atoms in total. The molecule has 0 unspecified atom stereocenters. The van der Waals surface area contributed by atoms with Gasteiger partial charge in [0.15, 0.2) is 0 Å². The van der Waals surface area contributed by atoms with Gasteiger partial charge in [0.2, 0.25) is 0 Å². The van der Waals surface area contributed by atoms with Crippen LogP contribution in [0.5, 0.6) is 0 Å². The Hall–Kier alpha value is -2.85. The number of hydrogen-bond acceptors (Lipinski definition) is 3. The van der Waals surface area contributed by atoms with E-state index in [0.29, 0.717) is 5.57 Å². The molecule has 0 aliphatic heterocycles. The van der Waals surface area contributed by atoms with Crippen LogP contribution < -0.4 is 0 Å². The number of esters is 1. The van der Waals surface area contributed by atoms with E-state index in [1.807, 2.05) is 104 Å². The maximum atomic E-state index is 13.2. The van der Waals surface area contributed by atoms with E-state index in [0.717, 1.165) is 23.0 Å². The molecule has 0 atom stereocenters. The summed E-state index contributed by atoms with van der Waals surface area (Å²) >= 11 is 2.94. The Morgan fingerprint density at radius 1 is 0.862 bits per heavy atom. The van der Waals surface area contributed by atoms with Crippen LogP contribution in [-0.2, 0) is 14.9 Å². The number of hydrogen-bond donors (Lipinski definition) is 1. The molecule has 4 heteroatoms. The van der Waals surface area contributed by atoms with Crippen LogP contribution in [0.25, 0.3) is 5.57 Å². The summed E-state index contributed by atoms with van der Waals surface area (Å²) in [6.07, 6.45) is 0.991. The molecule has 3 aromatic rings. The van der Waals surface area contributed by atoms with E-state index in [2.05, 4.69) is 15.9 Å². The number of ether oxygens (including phenoxy) is 1. The summed E-state index contributed by atoms with van der Waals surface area (Å²) in [5.41, 5.74) is 2.13. The van der Waals surface area contributed by atoms with Crippen LogP contribution in [0, 0.1) is 0 Å². The SMILES string of the molecule is CBr.CC(C(=O)OCC(=CO)c1ccccc1)(c1ccccc1)c1ccccc1. The van der Waals surface area contributed by atoms with E-state index in [-0.39, 0.29) is 12.6 Å². The Labute approximate surface area is 180 Å². The molecule has 0 aliphatic carbocycles. The van der Waals surface area contributed by atoms with E-state index in [9.17, 15) is 9.90 Å². The Bertz CT molecular complexity index is 867. The number of benzene rings is 3. The van der Waals surface area contributed by atoms with Crippen molar-refractivity contribution < 1.29 is 14.6 Å². The smallest absolute Gasteiger partial charge is 0.321 e. The second kappa shape index (κ2) is 11.2. The Morgan fingerprint density at radius 3 is 1.69 bits per heavy atom. The maximum absolute atomic E-state index is 13.2. The molecule has 0 saturated heterocycles. The summed E-state index contributed by atoms with van der Waals surface area (Å²) < 4.78 is 5.66. The van der Waals surface area contributed by atoms with Gasteiger partial charge in [0.25, 0.3) is 0 Å². The van der Waals surface area contributed by atoms with Gasteiger partial charge in [0.05, 0.1) is 6.26 Å². The molecule has 0 radical (unpaired) electrons. The first kappa shape index (κ1) is 22.4. The lowest BCUT2D eigenvalue weighted by molar-refractivity contribution is -0.146. The van der Waals surface area contributed by atoms with Gasteiger partial charge in [-0.3, -0.25) is 4.79 Å². The molecular formula is C25H25BrO3. The third-order valence-corrected chi connectivity index (χ3v) is 4.77. The van der Waals surface area contributed by atoms with Gasteiger partial charge in [-0.1, -0.05) is 107 Å². The first-order valence-corrected chi connectivity index (χ1v) is 10.8. The van der Waals surface area contributed by atoms with Gasteiger partial charge in [-0.2, -0.15) is 0 Å². The molecule has 29 heavy (non-hydrogen) atoms. The molecule has 0 aromatic heterocycles. The third-order valence-electron chi connectivity index (χ3n) is 4.77. The zero-order valence-electron chi connectivity index (χ0n) is 16.6. The van der Waals surface area contributed by atoms with Gasteiger partial charge in [-0.15, -0.1) is 0 Å². The lowest BCUT2D eigenvalue weighted by Gasteiger charge is -2.28. The highest BCUT2D eigenvalue weighted by atomic mass is 79.9. The summed E-state index contributed by atoms with van der Waals surface area (Å²) in [5, 5.41) is 9.58. The van der Waals surface area contributed by atoms with Crippen molar-refractivity contribution in [1.82, 2.24) is 0 Å². The molecule has 1 N–H and O–H groups in total. The van der Waals surface area contributed by atoms with Crippen molar-refractivity contribution in [3.63, 3.8) is 0 Å². The normalized spacial score (nSPS) is 11.2. The lowest BCUT2D eigenvalue weighted by atomic mass is 9.76. The predicted octanol–water partition coefficient (Wildman–Crippen LogP) is 6.15. The van der Waals surface area contributed by atoms with E-state index < -0.39 is 5.41 Å². The number of halogens is 1. The molecular weight excluding hydrogens is 428 g/mol. The summed E-state index contributed by atoms with van der Waals surface area (Å²) in [6.45, 7) is 1.86. The van der Waals surface area contributed by atoms with Gasteiger partial charge < -0.3 is 9.84 Å². The molecule has 0 saturated carbocycles. The average Bonchev–Trinajstić information content (AvgIpc) is 2.82. The van der Waals surface area contributed by atoms with E-state index >= 15 is 0 Å². The first-order chi connectivity index (χ1) is 14.2. The van der Waals surface area contributed by atoms with Crippen LogP contribution in [-0.4, -0.2) is 23.5 Å². The number of rotatable bonds is 6. The highest BCUT2D eigenvalue weighted by molar-refractivity contribution is 9.08. The molecule has 3 aromatic carbocycles. The minimum absolute atomic E-state index is 0.00535. The Kier molecular flexibility index (Phi) is 8.68. The number of aliphatic hydroxyl groups is 1. The topological polar surface area (TPSA) is 46.5 Å². The van der Waals surface area contributed by atoms with Gasteiger partial charge in [0, 0.05) is 5.57 Å². The second-order valence-corrected chi connectivity index (χ2v) is 6.45. The van der Waals surface area contributed by atoms with Crippen LogP contribution in [0.1, 0.15) is 23.6 Å². The van der Waals surface area contributed by atoms with E-state index in [4.69, 9.17) is 4.74 Å². The number of aliphatic hydroxyl groups excluding tert-OH is 1. The average molecular weight is 453 g/mol. The zero-order valence-corrected chi connectivity index (χ0v) is 18.2. The summed E-state index contributed by atoms with van der Waals surface area (Å²) in [7, 11) is 0. The van der Waals surface area contributed by atoms with Crippen LogP contribution in [0.3, 0.4) is 0 Å². The van der Waals surface area contributed by atoms with Gasteiger partial charge in [-0.05, 0) is 29.4 Å². The van der Waals surface area contributed by atoms with Crippen molar-refractivity contribution >= 4 is 27.5 Å². The quantitative estimate of drug-likeness (QED) is 0.277. The van der Waals surface area contributed by atoms with Gasteiger partial charge >= 0.3 is 5.97 Å². The fraction of sp³-hybridized carbons (Fsp3) is 0.160. The number of carbonyl (C=O) groups excluding carboxylic acids is 1. The molecule has 0 aliphatic rings. The van der Waals surface area contributed by atoms with E-state index in [1.165, 1.54) is 0 Å². The number of alkyl halides is 1. The Balaban J connectivity index is 0.00000145. The lowest BCUT2D eigenvalue weighted by Crippen LogP contribution is -2.36. The Morgan fingerprint density at radius 2 is 1.28 bits per heavy atom. The maximum Gasteiger partial charge on any atom is 0.321 e.